The van der Waals surface area contributed by atoms with Gasteiger partial charge in [-0.05, 0) is 5.92 Å². The van der Waals surface area contributed by atoms with Gasteiger partial charge in [-0.2, -0.15) is 0 Å². The molecule has 0 aromatic carbocycles. The second kappa shape index (κ2) is 2.09. The molecule has 0 spiro atoms. The third-order valence-electron chi connectivity index (χ3n) is 1.32. The quantitative estimate of drug-likeness (QED) is 0.499. The smallest absolute Gasteiger partial charge is 0.332 e. The van der Waals surface area contributed by atoms with Crippen LogP contribution in [0.25, 0.3) is 0 Å². The fraction of sp³-hybridized carbons (Fsp3) is 0.800. The number of aliphatic carboxylic acids is 1. The number of carboxylic acids is 1. The average molecular weight is 164 g/mol. The topological polar surface area (TPSA) is 37.3 Å². The Morgan fingerprint density at radius 2 is 2.00 bits per heavy atom. The maximum atomic E-state index is 10.5. The van der Waals surface area contributed by atoms with Crippen molar-refractivity contribution in [3.63, 3.8) is 0 Å². The van der Waals surface area contributed by atoms with Gasteiger partial charge in [-0.3, -0.25) is 0 Å². The van der Waals surface area contributed by atoms with Crippen LogP contribution >= 0.6 is 21.6 Å². The van der Waals surface area contributed by atoms with Crippen LogP contribution in [0.1, 0.15) is 13.8 Å². The fourth-order valence-corrected chi connectivity index (χ4v) is 3.02. The Hall–Kier alpha value is 0.170. The molecule has 1 N–H and O–H groups in total. The minimum Gasteiger partial charge on any atom is -0.480 e. The van der Waals surface area contributed by atoms with Crippen molar-refractivity contribution in [2.45, 2.75) is 17.9 Å². The van der Waals surface area contributed by atoms with Crippen LogP contribution in [-0.4, -0.2) is 15.2 Å². The van der Waals surface area contributed by atoms with Gasteiger partial charge in [-0.25, -0.2) is 4.79 Å². The Labute approximate surface area is 61.8 Å². The summed E-state index contributed by atoms with van der Waals surface area (Å²) in [6.45, 7) is 3.86. The molecule has 0 bridgehead atoms. The molecule has 1 aliphatic rings. The Kier molecular flexibility index (Phi) is 1.69. The van der Waals surface area contributed by atoms with Crippen LogP contribution in [0.2, 0.25) is 0 Å². The fourth-order valence-electron chi connectivity index (χ4n) is 0.556. The van der Waals surface area contributed by atoms with E-state index in [-0.39, 0.29) is 5.92 Å². The van der Waals surface area contributed by atoms with Gasteiger partial charge in [0.15, 0.2) is 4.08 Å². The molecule has 1 saturated heterocycles. The molecule has 0 atom stereocenters. The lowest BCUT2D eigenvalue weighted by atomic mass is 10.1. The number of rotatable bonds is 2. The summed E-state index contributed by atoms with van der Waals surface area (Å²) < 4.78 is -0.500. The normalized spacial score (nSPS) is 22.1. The number of carboxylic acid groups (broad SMARTS) is 1. The average Bonchev–Trinajstić information content (AvgIpc) is 2.40. The SMILES string of the molecule is CC(C)C1(C(=O)O)SS1. The Balaban J connectivity index is 2.63. The van der Waals surface area contributed by atoms with E-state index >= 15 is 0 Å². The summed E-state index contributed by atoms with van der Waals surface area (Å²) in [5.41, 5.74) is 0. The summed E-state index contributed by atoms with van der Waals surface area (Å²) in [5.74, 6) is -0.461. The summed E-state index contributed by atoms with van der Waals surface area (Å²) in [4.78, 5) is 10.5. The second-order valence-corrected chi connectivity index (χ2v) is 5.17. The van der Waals surface area contributed by atoms with Crippen molar-refractivity contribution in [1.29, 1.82) is 0 Å². The first-order chi connectivity index (χ1) is 4.09. The highest BCUT2D eigenvalue weighted by molar-refractivity contribution is 8.94. The summed E-state index contributed by atoms with van der Waals surface area (Å²) in [5, 5.41) is 8.63. The van der Waals surface area contributed by atoms with Crippen LogP contribution in [0.4, 0.5) is 0 Å². The zero-order valence-electron chi connectivity index (χ0n) is 5.25. The number of carbonyl (C=O) groups is 1. The third-order valence-corrected chi connectivity index (χ3v) is 4.72. The van der Waals surface area contributed by atoms with Gasteiger partial charge in [-0.1, -0.05) is 35.4 Å². The van der Waals surface area contributed by atoms with Crippen LogP contribution in [-0.2, 0) is 4.79 Å². The highest BCUT2D eigenvalue weighted by atomic mass is 33.2. The minimum atomic E-state index is -0.688. The van der Waals surface area contributed by atoms with Gasteiger partial charge in [0, 0.05) is 0 Å². The molecule has 4 heteroatoms. The molecule has 1 heterocycles. The second-order valence-electron chi connectivity index (χ2n) is 2.29. The monoisotopic (exact) mass is 164 g/mol. The molecule has 0 aliphatic carbocycles. The van der Waals surface area contributed by atoms with E-state index in [2.05, 4.69) is 0 Å². The summed E-state index contributed by atoms with van der Waals surface area (Å²) in [6.07, 6.45) is 0. The molecule has 1 aliphatic heterocycles. The molecule has 0 aromatic rings. The Morgan fingerprint density at radius 3 is 2.00 bits per heavy atom. The first-order valence-corrected chi connectivity index (χ1v) is 4.85. The van der Waals surface area contributed by atoms with Gasteiger partial charge >= 0.3 is 5.97 Å². The molecular formula is C5H8O2S2. The van der Waals surface area contributed by atoms with Gasteiger partial charge in [0.25, 0.3) is 0 Å². The van der Waals surface area contributed by atoms with Crippen LogP contribution in [0.3, 0.4) is 0 Å². The third kappa shape index (κ3) is 1.05. The largest absolute Gasteiger partial charge is 0.480 e. The van der Waals surface area contributed by atoms with Gasteiger partial charge in [0.1, 0.15) is 0 Å². The van der Waals surface area contributed by atoms with E-state index in [0.717, 1.165) is 0 Å². The van der Waals surface area contributed by atoms with E-state index in [1.807, 2.05) is 13.8 Å². The highest BCUT2D eigenvalue weighted by Gasteiger charge is 2.56. The van der Waals surface area contributed by atoms with Gasteiger partial charge in [-0.15, -0.1) is 0 Å². The molecule has 0 saturated carbocycles. The lowest BCUT2D eigenvalue weighted by Crippen LogP contribution is -2.25. The van der Waals surface area contributed by atoms with Crippen LogP contribution in [0, 0.1) is 5.92 Å². The Morgan fingerprint density at radius 1 is 1.56 bits per heavy atom. The van der Waals surface area contributed by atoms with Gasteiger partial charge in [0.05, 0.1) is 0 Å². The molecule has 52 valence electrons. The van der Waals surface area contributed by atoms with Crippen LogP contribution in [0.15, 0.2) is 0 Å². The van der Waals surface area contributed by atoms with E-state index in [9.17, 15) is 4.79 Å². The highest BCUT2D eigenvalue weighted by Crippen LogP contribution is 2.68. The first kappa shape index (κ1) is 7.28. The van der Waals surface area contributed by atoms with Crippen molar-refractivity contribution in [3.8, 4) is 0 Å². The van der Waals surface area contributed by atoms with E-state index < -0.39 is 10.0 Å². The molecule has 0 unspecified atom stereocenters. The lowest BCUT2D eigenvalue weighted by Gasteiger charge is -2.08. The molecule has 1 rings (SSSR count). The summed E-state index contributed by atoms with van der Waals surface area (Å²) >= 11 is 0. The standard InChI is InChI=1S/C5H8O2S2/c1-3(2)5(4(6)7)8-9-5/h3H,1-2H3,(H,6,7). The molecule has 0 amide bonds. The van der Waals surface area contributed by atoms with Crippen molar-refractivity contribution >= 4 is 27.6 Å². The molecular weight excluding hydrogens is 156 g/mol. The predicted octanol–water partition coefficient (Wildman–Crippen LogP) is 1.82. The zero-order valence-corrected chi connectivity index (χ0v) is 6.88. The Bertz CT molecular complexity index is 140. The predicted molar refractivity (Wildman–Crippen MR) is 40.4 cm³/mol. The lowest BCUT2D eigenvalue weighted by molar-refractivity contribution is -0.137. The van der Waals surface area contributed by atoms with Crippen molar-refractivity contribution in [2.75, 3.05) is 0 Å². The number of hydrogen-bond acceptors (Lipinski definition) is 3. The number of hydrogen-bond donors (Lipinski definition) is 1. The molecule has 0 radical (unpaired) electrons. The van der Waals surface area contributed by atoms with Crippen molar-refractivity contribution in [3.05, 3.63) is 0 Å². The summed E-state index contributed by atoms with van der Waals surface area (Å²) in [6, 6.07) is 0. The van der Waals surface area contributed by atoms with Gasteiger partial charge < -0.3 is 5.11 Å². The minimum absolute atomic E-state index is 0.227. The van der Waals surface area contributed by atoms with Gasteiger partial charge in [0.2, 0.25) is 0 Å². The molecule has 1 fully saturated rings. The van der Waals surface area contributed by atoms with Crippen molar-refractivity contribution in [2.24, 2.45) is 5.92 Å². The molecule has 9 heavy (non-hydrogen) atoms. The maximum Gasteiger partial charge on any atom is 0.332 e. The molecule has 2 nitrogen and oxygen atoms in total. The van der Waals surface area contributed by atoms with Crippen LogP contribution in [0.5, 0.6) is 0 Å². The van der Waals surface area contributed by atoms with E-state index in [1.54, 1.807) is 0 Å². The van der Waals surface area contributed by atoms with Crippen molar-refractivity contribution in [1.82, 2.24) is 0 Å². The summed E-state index contributed by atoms with van der Waals surface area (Å²) in [7, 11) is 2.90. The van der Waals surface area contributed by atoms with E-state index in [1.165, 1.54) is 21.6 Å². The zero-order chi connectivity index (χ0) is 7.07. The first-order valence-electron chi connectivity index (χ1n) is 2.70. The molecule has 0 aromatic heterocycles. The van der Waals surface area contributed by atoms with Crippen molar-refractivity contribution < 1.29 is 9.90 Å². The van der Waals surface area contributed by atoms with E-state index in [4.69, 9.17) is 5.11 Å². The van der Waals surface area contributed by atoms with Crippen LogP contribution < -0.4 is 0 Å². The van der Waals surface area contributed by atoms with E-state index in [0.29, 0.717) is 0 Å². The maximum absolute atomic E-state index is 10.5.